The highest BCUT2D eigenvalue weighted by Gasteiger charge is 1.89. The minimum Gasteiger partial charge on any atom is -0.292 e. The number of carbonyl (C=O) groups excluding carboxylic acids is 1. The van der Waals surface area contributed by atoms with Crippen LogP contribution in [0.5, 0.6) is 0 Å². The van der Waals surface area contributed by atoms with E-state index in [1.165, 1.54) is 4.31 Å². The third kappa shape index (κ3) is 3.99. The van der Waals surface area contributed by atoms with E-state index in [1.807, 2.05) is 0 Å². The minimum atomic E-state index is 0.721. The van der Waals surface area contributed by atoms with Crippen molar-refractivity contribution in [2.45, 2.75) is 19.8 Å². The number of thiol groups is 1. The van der Waals surface area contributed by atoms with Crippen LogP contribution in [0.25, 0.3) is 0 Å². The summed E-state index contributed by atoms with van der Waals surface area (Å²) in [5.41, 5.74) is 0. The van der Waals surface area contributed by atoms with Gasteiger partial charge in [-0.2, -0.15) is 0 Å². The lowest BCUT2D eigenvalue weighted by Gasteiger charge is -2.05. The maximum absolute atomic E-state index is 9.86. The van der Waals surface area contributed by atoms with E-state index in [-0.39, 0.29) is 0 Å². The molecule has 0 aliphatic rings. The maximum Gasteiger partial charge on any atom is 0.219 e. The number of amides is 1. The summed E-state index contributed by atoms with van der Waals surface area (Å²) in [6.07, 6.45) is 2.85. The fourth-order valence-corrected chi connectivity index (χ4v) is 0.514. The zero-order valence-electron chi connectivity index (χ0n) is 5.00. The van der Waals surface area contributed by atoms with E-state index in [4.69, 9.17) is 0 Å². The molecule has 0 spiro atoms. The average Bonchev–Trinajstić information content (AvgIpc) is 1.83. The fourth-order valence-electron chi connectivity index (χ4n) is 0.373. The molecule has 0 aliphatic carbocycles. The maximum atomic E-state index is 9.86. The Morgan fingerprint density at radius 3 is 2.75 bits per heavy atom. The second-order valence-corrected chi connectivity index (χ2v) is 2.14. The topological polar surface area (TPSA) is 20.3 Å². The summed E-state index contributed by atoms with van der Waals surface area (Å²) >= 11 is 3.83. The first kappa shape index (κ1) is 7.82. The number of hydrogen-bond acceptors (Lipinski definition) is 2. The molecule has 8 heavy (non-hydrogen) atoms. The van der Waals surface area contributed by atoms with E-state index < -0.39 is 0 Å². The fraction of sp³-hybridized carbons (Fsp3) is 0.800. The van der Waals surface area contributed by atoms with Gasteiger partial charge in [0.15, 0.2) is 0 Å². The minimum absolute atomic E-state index is 0.721. The van der Waals surface area contributed by atoms with Crippen LogP contribution in [0.4, 0.5) is 0 Å². The van der Waals surface area contributed by atoms with Crippen LogP contribution in [0.2, 0.25) is 0 Å². The molecular formula is C5H11NOS. The molecule has 0 heterocycles. The van der Waals surface area contributed by atoms with Crippen molar-refractivity contribution in [3.63, 3.8) is 0 Å². The summed E-state index contributed by atoms with van der Waals surface area (Å²) in [5.74, 6) is 0. The van der Waals surface area contributed by atoms with Crippen LogP contribution < -0.4 is 0 Å². The highest BCUT2D eigenvalue weighted by Crippen LogP contribution is 1.92. The van der Waals surface area contributed by atoms with Crippen molar-refractivity contribution in [3.05, 3.63) is 0 Å². The highest BCUT2D eigenvalue weighted by molar-refractivity contribution is 7.78. The zero-order valence-corrected chi connectivity index (χ0v) is 5.90. The molecule has 0 aromatic carbocycles. The van der Waals surface area contributed by atoms with Crippen LogP contribution in [-0.4, -0.2) is 17.3 Å². The van der Waals surface area contributed by atoms with E-state index in [1.54, 1.807) is 0 Å². The van der Waals surface area contributed by atoms with Crippen LogP contribution in [-0.2, 0) is 4.79 Å². The molecule has 0 unspecified atom stereocenters. The first-order valence-electron chi connectivity index (χ1n) is 2.72. The Balaban J connectivity index is 2.98. The van der Waals surface area contributed by atoms with Gasteiger partial charge in [0.25, 0.3) is 0 Å². The van der Waals surface area contributed by atoms with Crippen LogP contribution in [0.15, 0.2) is 0 Å². The zero-order chi connectivity index (χ0) is 6.41. The summed E-state index contributed by atoms with van der Waals surface area (Å²) in [5, 5.41) is 0. The molecule has 0 radical (unpaired) electrons. The molecule has 0 fully saturated rings. The quantitative estimate of drug-likeness (QED) is 0.449. The third-order valence-electron chi connectivity index (χ3n) is 0.862. The summed E-state index contributed by atoms with van der Waals surface area (Å²) in [7, 11) is 0. The number of unbranched alkanes of at least 4 members (excludes halogenated alkanes) is 1. The summed E-state index contributed by atoms with van der Waals surface area (Å²) in [4.78, 5) is 9.86. The van der Waals surface area contributed by atoms with Gasteiger partial charge >= 0.3 is 0 Å². The SMILES string of the molecule is CCCCN(S)C=O. The molecule has 0 aromatic heterocycles. The molecule has 0 saturated carbocycles. The smallest absolute Gasteiger partial charge is 0.219 e. The van der Waals surface area contributed by atoms with E-state index in [9.17, 15) is 4.79 Å². The third-order valence-corrected chi connectivity index (χ3v) is 1.16. The molecule has 1 amide bonds. The van der Waals surface area contributed by atoms with E-state index in [2.05, 4.69) is 19.7 Å². The number of carbonyl (C=O) groups is 1. The monoisotopic (exact) mass is 133 g/mol. The van der Waals surface area contributed by atoms with Crippen molar-refractivity contribution in [2.75, 3.05) is 6.54 Å². The molecule has 0 bridgehead atoms. The lowest BCUT2D eigenvalue weighted by molar-refractivity contribution is -0.113. The molecule has 0 N–H and O–H groups in total. The molecule has 0 aliphatic heterocycles. The molecule has 0 saturated heterocycles. The largest absolute Gasteiger partial charge is 0.292 e. The summed E-state index contributed by atoms with van der Waals surface area (Å²) in [6.45, 7) is 2.83. The highest BCUT2D eigenvalue weighted by atomic mass is 32.1. The van der Waals surface area contributed by atoms with Crippen LogP contribution in [0.3, 0.4) is 0 Å². The van der Waals surface area contributed by atoms with Gasteiger partial charge in [0.05, 0.1) is 0 Å². The predicted octanol–water partition coefficient (Wildman–Crippen LogP) is 1.09. The lowest BCUT2D eigenvalue weighted by atomic mass is 10.3. The van der Waals surface area contributed by atoms with Crippen molar-refractivity contribution in [1.82, 2.24) is 4.31 Å². The number of hydrogen-bond donors (Lipinski definition) is 1. The van der Waals surface area contributed by atoms with Gasteiger partial charge in [0, 0.05) is 6.54 Å². The Labute approximate surface area is 55.4 Å². The van der Waals surface area contributed by atoms with Gasteiger partial charge in [-0.15, -0.1) is 0 Å². The lowest BCUT2D eigenvalue weighted by Crippen LogP contribution is -2.09. The van der Waals surface area contributed by atoms with Crippen LogP contribution >= 0.6 is 12.8 Å². The van der Waals surface area contributed by atoms with E-state index in [0.29, 0.717) is 0 Å². The van der Waals surface area contributed by atoms with Gasteiger partial charge in [0.2, 0.25) is 6.41 Å². The first-order valence-corrected chi connectivity index (χ1v) is 3.12. The molecule has 2 nitrogen and oxygen atoms in total. The summed E-state index contributed by atoms with van der Waals surface area (Å²) in [6, 6.07) is 0. The Hall–Kier alpha value is -0.180. The van der Waals surface area contributed by atoms with Crippen molar-refractivity contribution >= 4 is 19.2 Å². The Kier molecular flexibility index (Phi) is 4.85. The molecule has 0 aromatic rings. The second-order valence-electron chi connectivity index (χ2n) is 1.62. The van der Waals surface area contributed by atoms with Crippen molar-refractivity contribution in [3.8, 4) is 0 Å². The predicted molar refractivity (Wildman–Crippen MR) is 36.7 cm³/mol. The normalized spacial score (nSPS) is 8.75. The van der Waals surface area contributed by atoms with Gasteiger partial charge in [-0.3, -0.25) is 9.10 Å². The summed E-state index contributed by atoms with van der Waals surface area (Å²) < 4.78 is 1.35. The molecule has 0 rings (SSSR count). The van der Waals surface area contributed by atoms with Gasteiger partial charge in [-0.25, -0.2) is 0 Å². The Morgan fingerprint density at radius 2 is 2.38 bits per heavy atom. The average molecular weight is 133 g/mol. The van der Waals surface area contributed by atoms with Crippen molar-refractivity contribution in [1.29, 1.82) is 0 Å². The van der Waals surface area contributed by atoms with Gasteiger partial charge in [-0.1, -0.05) is 26.2 Å². The van der Waals surface area contributed by atoms with E-state index >= 15 is 0 Å². The Bertz CT molecular complexity index is 67.4. The van der Waals surface area contributed by atoms with Gasteiger partial charge < -0.3 is 0 Å². The molecule has 3 heteroatoms. The van der Waals surface area contributed by atoms with Gasteiger partial charge in [-0.05, 0) is 6.42 Å². The molecule has 48 valence electrons. The van der Waals surface area contributed by atoms with E-state index in [0.717, 1.165) is 25.8 Å². The Morgan fingerprint density at radius 1 is 1.75 bits per heavy atom. The van der Waals surface area contributed by atoms with Crippen molar-refractivity contribution in [2.24, 2.45) is 0 Å². The van der Waals surface area contributed by atoms with Crippen molar-refractivity contribution < 1.29 is 4.79 Å². The standard InChI is InChI=1S/C5H11NOS/c1-2-3-4-6(8)5-7/h5,8H,2-4H2,1H3. The second kappa shape index (κ2) is 4.97. The van der Waals surface area contributed by atoms with Crippen LogP contribution in [0, 0.1) is 0 Å². The first-order chi connectivity index (χ1) is 3.81. The molecular weight excluding hydrogens is 122 g/mol. The number of nitrogens with zero attached hydrogens (tertiary/aromatic N) is 1. The molecule has 0 atom stereocenters. The number of rotatable bonds is 4. The van der Waals surface area contributed by atoms with Gasteiger partial charge in [0.1, 0.15) is 0 Å². The van der Waals surface area contributed by atoms with Crippen LogP contribution in [0.1, 0.15) is 19.8 Å².